The Bertz CT molecular complexity index is 355. The van der Waals surface area contributed by atoms with E-state index in [1.54, 1.807) is 0 Å². The highest BCUT2D eigenvalue weighted by molar-refractivity contribution is 9.10. The molecule has 1 aliphatic carbocycles. The number of fused-ring (bicyclic) bond motifs is 1. The number of benzene rings is 1. The fourth-order valence-electron chi connectivity index (χ4n) is 1.76. The molecule has 2 rings (SSSR count). The molecule has 0 amide bonds. The minimum Gasteiger partial charge on any atom is -0.330 e. The highest BCUT2D eigenvalue weighted by Gasteiger charge is 2.12. The minimum atomic E-state index is 0.734. The Kier molecular flexibility index (Phi) is 2.51. The van der Waals surface area contributed by atoms with Crippen LogP contribution in [0.15, 0.2) is 28.7 Å². The molecule has 68 valence electrons. The van der Waals surface area contributed by atoms with Crippen LogP contribution < -0.4 is 5.73 Å². The molecule has 2 heteroatoms. The van der Waals surface area contributed by atoms with Crippen LogP contribution >= 0.6 is 15.9 Å². The van der Waals surface area contributed by atoms with Gasteiger partial charge < -0.3 is 5.73 Å². The molecule has 0 atom stereocenters. The van der Waals surface area contributed by atoms with Gasteiger partial charge in [-0.15, -0.1) is 0 Å². The molecule has 0 bridgehead atoms. The lowest BCUT2D eigenvalue weighted by Crippen LogP contribution is -1.99. The zero-order valence-corrected chi connectivity index (χ0v) is 8.97. The van der Waals surface area contributed by atoms with E-state index in [-0.39, 0.29) is 0 Å². The summed E-state index contributed by atoms with van der Waals surface area (Å²) in [6.07, 6.45) is 4.34. The fraction of sp³-hybridized carbons (Fsp3) is 0.273. The standard InChI is InChI=1S/C11H12BrN/c12-10-4-3-8-1-2-9(5-6-13)11(8)7-10/h2-4,7H,1,5-6,13H2. The van der Waals surface area contributed by atoms with Gasteiger partial charge in [0.1, 0.15) is 0 Å². The molecule has 0 aromatic heterocycles. The Morgan fingerprint density at radius 1 is 1.38 bits per heavy atom. The van der Waals surface area contributed by atoms with Crippen molar-refractivity contribution in [3.8, 4) is 0 Å². The first-order chi connectivity index (χ1) is 6.31. The zero-order valence-electron chi connectivity index (χ0n) is 7.39. The Balaban J connectivity index is 2.36. The maximum atomic E-state index is 5.55. The Morgan fingerprint density at radius 2 is 2.23 bits per heavy atom. The van der Waals surface area contributed by atoms with Gasteiger partial charge in [0.15, 0.2) is 0 Å². The third-order valence-corrected chi connectivity index (χ3v) is 2.89. The smallest absolute Gasteiger partial charge is 0.0181 e. The first kappa shape index (κ1) is 8.97. The third kappa shape index (κ3) is 1.69. The Morgan fingerprint density at radius 3 is 3.00 bits per heavy atom. The van der Waals surface area contributed by atoms with Crippen molar-refractivity contribution >= 4 is 21.5 Å². The second kappa shape index (κ2) is 3.64. The number of hydrogen-bond acceptors (Lipinski definition) is 1. The zero-order chi connectivity index (χ0) is 9.26. The molecule has 13 heavy (non-hydrogen) atoms. The fourth-order valence-corrected chi connectivity index (χ4v) is 2.12. The van der Waals surface area contributed by atoms with E-state index in [1.165, 1.54) is 16.7 Å². The van der Waals surface area contributed by atoms with Crippen molar-refractivity contribution in [3.05, 3.63) is 39.9 Å². The SMILES string of the molecule is NCCC1=CCc2ccc(Br)cc21. The predicted molar refractivity (Wildman–Crippen MR) is 59.5 cm³/mol. The third-order valence-electron chi connectivity index (χ3n) is 2.40. The van der Waals surface area contributed by atoms with E-state index in [0.717, 1.165) is 23.9 Å². The average molecular weight is 238 g/mol. The molecule has 2 N–H and O–H groups in total. The Hall–Kier alpha value is -0.600. The molecule has 0 unspecified atom stereocenters. The highest BCUT2D eigenvalue weighted by Crippen LogP contribution is 2.31. The molecule has 1 aliphatic rings. The lowest BCUT2D eigenvalue weighted by molar-refractivity contribution is 1.02. The van der Waals surface area contributed by atoms with Gasteiger partial charge in [-0.2, -0.15) is 0 Å². The molecule has 0 fully saturated rings. The van der Waals surface area contributed by atoms with Crippen molar-refractivity contribution in [2.24, 2.45) is 5.73 Å². The first-order valence-electron chi connectivity index (χ1n) is 4.49. The summed E-state index contributed by atoms with van der Waals surface area (Å²) in [6.45, 7) is 0.734. The topological polar surface area (TPSA) is 26.0 Å². The van der Waals surface area contributed by atoms with E-state index in [2.05, 4.69) is 40.2 Å². The molecule has 0 spiro atoms. The second-order valence-electron chi connectivity index (χ2n) is 3.27. The summed E-state index contributed by atoms with van der Waals surface area (Å²) < 4.78 is 1.15. The van der Waals surface area contributed by atoms with Crippen LogP contribution in [0.1, 0.15) is 17.5 Å². The molecule has 0 saturated carbocycles. The van der Waals surface area contributed by atoms with E-state index in [4.69, 9.17) is 5.73 Å². The van der Waals surface area contributed by atoms with Crippen molar-refractivity contribution in [3.63, 3.8) is 0 Å². The molecule has 1 nitrogen and oxygen atoms in total. The van der Waals surface area contributed by atoms with Crippen LogP contribution in [0, 0.1) is 0 Å². The van der Waals surface area contributed by atoms with Crippen molar-refractivity contribution in [2.45, 2.75) is 12.8 Å². The van der Waals surface area contributed by atoms with Gasteiger partial charge in [-0.3, -0.25) is 0 Å². The van der Waals surface area contributed by atoms with E-state index in [0.29, 0.717) is 0 Å². The van der Waals surface area contributed by atoms with Gasteiger partial charge in [-0.25, -0.2) is 0 Å². The monoisotopic (exact) mass is 237 g/mol. The summed E-state index contributed by atoms with van der Waals surface area (Å²) in [5.41, 5.74) is 9.75. The van der Waals surface area contributed by atoms with Gasteiger partial charge in [0, 0.05) is 4.47 Å². The lowest BCUT2D eigenvalue weighted by atomic mass is 10.0. The molecule has 0 heterocycles. The maximum Gasteiger partial charge on any atom is 0.0181 e. The van der Waals surface area contributed by atoms with Crippen LogP contribution in [0.5, 0.6) is 0 Å². The quantitative estimate of drug-likeness (QED) is 0.842. The lowest BCUT2D eigenvalue weighted by Gasteiger charge is -2.04. The van der Waals surface area contributed by atoms with E-state index < -0.39 is 0 Å². The van der Waals surface area contributed by atoms with Gasteiger partial charge >= 0.3 is 0 Å². The molecule has 0 aliphatic heterocycles. The molecule has 1 aromatic rings. The summed E-state index contributed by atoms with van der Waals surface area (Å²) in [6, 6.07) is 6.46. The van der Waals surface area contributed by atoms with Crippen LogP contribution in [0.4, 0.5) is 0 Å². The number of hydrogen-bond donors (Lipinski definition) is 1. The van der Waals surface area contributed by atoms with Crippen molar-refractivity contribution in [1.82, 2.24) is 0 Å². The normalized spacial score (nSPS) is 14.2. The summed E-state index contributed by atoms with van der Waals surface area (Å²) in [4.78, 5) is 0. The van der Waals surface area contributed by atoms with Crippen LogP contribution in [-0.2, 0) is 6.42 Å². The van der Waals surface area contributed by atoms with Gasteiger partial charge in [-0.05, 0) is 48.2 Å². The molecule has 1 aromatic carbocycles. The maximum absolute atomic E-state index is 5.55. The van der Waals surface area contributed by atoms with Crippen molar-refractivity contribution < 1.29 is 0 Å². The van der Waals surface area contributed by atoms with E-state index in [1.807, 2.05) is 0 Å². The number of halogens is 1. The van der Waals surface area contributed by atoms with E-state index in [9.17, 15) is 0 Å². The van der Waals surface area contributed by atoms with Crippen molar-refractivity contribution in [1.29, 1.82) is 0 Å². The van der Waals surface area contributed by atoms with Crippen LogP contribution in [0.2, 0.25) is 0 Å². The molecular formula is C11H12BrN. The number of rotatable bonds is 2. The average Bonchev–Trinajstić information content (AvgIpc) is 2.49. The second-order valence-corrected chi connectivity index (χ2v) is 4.19. The predicted octanol–water partition coefficient (Wildman–Crippen LogP) is 2.74. The number of nitrogens with two attached hydrogens (primary N) is 1. The largest absolute Gasteiger partial charge is 0.330 e. The van der Waals surface area contributed by atoms with E-state index >= 15 is 0 Å². The summed E-state index contributed by atoms with van der Waals surface area (Å²) in [5.74, 6) is 0. The van der Waals surface area contributed by atoms with Gasteiger partial charge in [0.25, 0.3) is 0 Å². The minimum absolute atomic E-state index is 0.734. The van der Waals surface area contributed by atoms with Gasteiger partial charge in [-0.1, -0.05) is 28.1 Å². The Labute approximate surface area is 86.8 Å². The van der Waals surface area contributed by atoms with Gasteiger partial charge in [0.2, 0.25) is 0 Å². The van der Waals surface area contributed by atoms with Gasteiger partial charge in [0.05, 0.1) is 0 Å². The summed E-state index contributed by atoms with van der Waals surface area (Å²) >= 11 is 3.49. The summed E-state index contributed by atoms with van der Waals surface area (Å²) in [7, 11) is 0. The molecular weight excluding hydrogens is 226 g/mol. The summed E-state index contributed by atoms with van der Waals surface area (Å²) in [5, 5.41) is 0. The molecule has 0 saturated heterocycles. The van der Waals surface area contributed by atoms with Crippen molar-refractivity contribution in [2.75, 3.05) is 6.54 Å². The number of allylic oxidation sites excluding steroid dienone is 1. The first-order valence-corrected chi connectivity index (χ1v) is 5.28. The highest BCUT2D eigenvalue weighted by atomic mass is 79.9. The van der Waals surface area contributed by atoms with Crippen LogP contribution in [0.3, 0.4) is 0 Å². The van der Waals surface area contributed by atoms with Crippen LogP contribution in [-0.4, -0.2) is 6.54 Å². The molecule has 0 radical (unpaired) electrons. The van der Waals surface area contributed by atoms with Crippen LogP contribution in [0.25, 0.3) is 5.57 Å².